The second kappa shape index (κ2) is 4.76. The van der Waals surface area contributed by atoms with E-state index in [-0.39, 0.29) is 5.56 Å². The van der Waals surface area contributed by atoms with Crippen molar-refractivity contribution < 1.29 is 0 Å². The fourth-order valence-corrected chi connectivity index (χ4v) is 2.01. The average molecular weight is 282 g/mol. The largest absolute Gasteiger partial charge is 0.318 e. The van der Waals surface area contributed by atoms with Crippen LogP contribution in [-0.2, 0) is 6.54 Å². The Kier molecular flexibility index (Phi) is 3.36. The Morgan fingerprint density at radius 2 is 2.31 bits per heavy atom. The molecule has 0 saturated heterocycles. The quantitative estimate of drug-likeness (QED) is 0.925. The first-order chi connectivity index (χ1) is 7.74. The molecule has 0 saturated carbocycles. The molecule has 0 aliphatic heterocycles. The molecule has 4 nitrogen and oxygen atoms in total. The molecule has 0 amide bonds. The molecule has 2 rings (SSSR count). The van der Waals surface area contributed by atoms with Gasteiger partial charge in [-0.15, -0.1) is 0 Å². The van der Waals surface area contributed by atoms with E-state index in [2.05, 4.69) is 26.2 Å². The lowest BCUT2D eigenvalue weighted by Crippen LogP contribution is -2.25. The first-order valence-electron chi connectivity index (χ1n) is 5.02. The van der Waals surface area contributed by atoms with Crippen molar-refractivity contribution >= 4 is 26.8 Å². The summed E-state index contributed by atoms with van der Waals surface area (Å²) >= 11 is 3.39. The van der Waals surface area contributed by atoms with Crippen molar-refractivity contribution in [2.24, 2.45) is 0 Å². The minimum Gasteiger partial charge on any atom is -0.318 e. The van der Waals surface area contributed by atoms with Crippen LogP contribution in [0.2, 0.25) is 0 Å². The zero-order valence-electron chi connectivity index (χ0n) is 8.90. The van der Waals surface area contributed by atoms with E-state index < -0.39 is 0 Å². The van der Waals surface area contributed by atoms with Crippen LogP contribution in [0.25, 0.3) is 10.9 Å². The number of rotatable bonds is 3. The third kappa shape index (κ3) is 2.01. The van der Waals surface area contributed by atoms with E-state index in [1.807, 2.05) is 19.2 Å². The molecule has 2 aromatic rings. The summed E-state index contributed by atoms with van der Waals surface area (Å²) < 4.78 is 2.47. The van der Waals surface area contributed by atoms with Gasteiger partial charge in [-0.25, -0.2) is 4.98 Å². The first kappa shape index (κ1) is 11.3. The fraction of sp³-hybridized carbons (Fsp3) is 0.273. The van der Waals surface area contributed by atoms with Crippen LogP contribution >= 0.6 is 15.9 Å². The maximum Gasteiger partial charge on any atom is 0.261 e. The maximum atomic E-state index is 12.1. The molecule has 16 heavy (non-hydrogen) atoms. The lowest BCUT2D eigenvalue weighted by Gasteiger charge is -2.06. The number of halogens is 1. The zero-order chi connectivity index (χ0) is 11.5. The Morgan fingerprint density at radius 1 is 1.50 bits per heavy atom. The molecule has 1 N–H and O–H groups in total. The monoisotopic (exact) mass is 281 g/mol. The van der Waals surface area contributed by atoms with Gasteiger partial charge in [0.05, 0.1) is 17.2 Å². The molecule has 0 radical (unpaired) electrons. The number of hydrogen-bond acceptors (Lipinski definition) is 3. The molecular weight excluding hydrogens is 270 g/mol. The topological polar surface area (TPSA) is 46.9 Å². The summed E-state index contributed by atoms with van der Waals surface area (Å²) in [6, 6.07) is 5.52. The Balaban J connectivity index is 2.57. The van der Waals surface area contributed by atoms with E-state index in [9.17, 15) is 4.79 Å². The zero-order valence-corrected chi connectivity index (χ0v) is 10.5. The predicted molar refractivity (Wildman–Crippen MR) is 67.6 cm³/mol. The summed E-state index contributed by atoms with van der Waals surface area (Å²) in [6.45, 7) is 1.38. The highest BCUT2D eigenvalue weighted by Gasteiger charge is 2.05. The van der Waals surface area contributed by atoms with Gasteiger partial charge in [0.1, 0.15) is 0 Å². The van der Waals surface area contributed by atoms with Crippen molar-refractivity contribution in [1.29, 1.82) is 0 Å². The summed E-state index contributed by atoms with van der Waals surface area (Å²) in [6.07, 6.45) is 1.59. The number of para-hydroxylation sites is 1. The van der Waals surface area contributed by atoms with Gasteiger partial charge in [0.2, 0.25) is 0 Å². The molecule has 0 bridgehead atoms. The van der Waals surface area contributed by atoms with Crippen LogP contribution in [0.1, 0.15) is 0 Å². The minimum atomic E-state index is 0.00144. The van der Waals surface area contributed by atoms with Gasteiger partial charge >= 0.3 is 0 Å². The van der Waals surface area contributed by atoms with E-state index in [0.29, 0.717) is 17.4 Å². The van der Waals surface area contributed by atoms with E-state index in [1.54, 1.807) is 17.0 Å². The van der Waals surface area contributed by atoms with Gasteiger partial charge in [-0.1, -0.05) is 6.07 Å². The second-order valence-corrected chi connectivity index (χ2v) is 4.34. The van der Waals surface area contributed by atoms with E-state index >= 15 is 0 Å². The normalized spacial score (nSPS) is 10.9. The highest BCUT2D eigenvalue weighted by Crippen LogP contribution is 2.18. The standard InChI is InChI=1S/C11H12BrN3O/c1-13-5-6-15-7-14-10-8(11(15)16)3-2-4-9(10)12/h2-4,7,13H,5-6H2,1H3. The van der Waals surface area contributed by atoms with Crippen LogP contribution in [0.3, 0.4) is 0 Å². The lowest BCUT2D eigenvalue weighted by molar-refractivity contribution is 0.621. The Labute approximate surface area is 101 Å². The third-order valence-electron chi connectivity index (χ3n) is 2.41. The Morgan fingerprint density at radius 3 is 3.06 bits per heavy atom. The third-order valence-corrected chi connectivity index (χ3v) is 3.05. The van der Waals surface area contributed by atoms with E-state index in [4.69, 9.17) is 0 Å². The molecule has 0 aliphatic rings. The molecule has 0 aliphatic carbocycles. The summed E-state index contributed by atoms with van der Waals surface area (Å²) in [5.41, 5.74) is 0.717. The molecular formula is C11H12BrN3O. The summed E-state index contributed by atoms with van der Waals surface area (Å²) in [7, 11) is 1.86. The van der Waals surface area contributed by atoms with E-state index in [1.165, 1.54) is 0 Å². The molecule has 1 aromatic heterocycles. The highest BCUT2D eigenvalue weighted by molar-refractivity contribution is 9.10. The summed E-state index contributed by atoms with van der Waals surface area (Å²) in [5.74, 6) is 0. The SMILES string of the molecule is CNCCn1cnc2c(Br)cccc2c1=O. The van der Waals surface area contributed by atoms with Crippen molar-refractivity contribution in [3.05, 3.63) is 39.4 Å². The number of fused-ring (bicyclic) bond motifs is 1. The molecule has 84 valence electrons. The van der Waals surface area contributed by atoms with Gasteiger partial charge in [-0.3, -0.25) is 9.36 Å². The molecule has 0 fully saturated rings. The summed E-state index contributed by atoms with van der Waals surface area (Å²) in [5, 5.41) is 3.65. The Bertz CT molecular complexity index is 565. The van der Waals surface area contributed by atoms with Crippen molar-refractivity contribution in [2.45, 2.75) is 6.54 Å². The van der Waals surface area contributed by atoms with Crippen molar-refractivity contribution in [3.63, 3.8) is 0 Å². The van der Waals surface area contributed by atoms with Crippen LogP contribution in [0, 0.1) is 0 Å². The summed E-state index contributed by atoms with van der Waals surface area (Å²) in [4.78, 5) is 16.3. The lowest BCUT2D eigenvalue weighted by atomic mass is 10.2. The van der Waals surface area contributed by atoms with Crippen LogP contribution in [0.15, 0.2) is 33.8 Å². The molecule has 0 unspecified atom stereocenters. The van der Waals surface area contributed by atoms with Gasteiger partial charge in [-0.2, -0.15) is 0 Å². The van der Waals surface area contributed by atoms with Gasteiger partial charge < -0.3 is 5.32 Å². The maximum absolute atomic E-state index is 12.1. The number of benzene rings is 1. The van der Waals surface area contributed by atoms with Gasteiger partial charge in [0.15, 0.2) is 0 Å². The average Bonchev–Trinajstić information content (AvgIpc) is 2.29. The predicted octanol–water partition coefficient (Wildman–Crippen LogP) is 1.38. The molecule has 0 atom stereocenters. The first-order valence-corrected chi connectivity index (χ1v) is 5.81. The van der Waals surface area contributed by atoms with E-state index in [0.717, 1.165) is 11.0 Å². The number of aromatic nitrogens is 2. The van der Waals surface area contributed by atoms with Gasteiger partial charge in [-0.05, 0) is 35.1 Å². The fourth-order valence-electron chi connectivity index (χ4n) is 1.55. The Hall–Kier alpha value is -1.20. The number of likely N-dealkylation sites (N-methyl/N-ethyl adjacent to an activating group) is 1. The molecule has 1 aromatic carbocycles. The number of hydrogen-bond donors (Lipinski definition) is 1. The van der Waals surface area contributed by atoms with Crippen molar-refractivity contribution in [1.82, 2.24) is 14.9 Å². The van der Waals surface area contributed by atoms with Crippen LogP contribution < -0.4 is 10.9 Å². The molecule has 1 heterocycles. The van der Waals surface area contributed by atoms with Crippen LogP contribution in [0.5, 0.6) is 0 Å². The number of nitrogens with zero attached hydrogens (tertiary/aromatic N) is 2. The highest BCUT2D eigenvalue weighted by atomic mass is 79.9. The van der Waals surface area contributed by atoms with Gasteiger partial charge in [0, 0.05) is 17.6 Å². The van der Waals surface area contributed by atoms with Crippen LogP contribution in [-0.4, -0.2) is 23.1 Å². The second-order valence-electron chi connectivity index (χ2n) is 3.48. The smallest absolute Gasteiger partial charge is 0.261 e. The van der Waals surface area contributed by atoms with Crippen molar-refractivity contribution in [3.8, 4) is 0 Å². The van der Waals surface area contributed by atoms with Crippen LogP contribution in [0.4, 0.5) is 0 Å². The van der Waals surface area contributed by atoms with Crippen molar-refractivity contribution in [2.75, 3.05) is 13.6 Å². The van der Waals surface area contributed by atoms with Gasteiger partial charge in [0.25, 0.3) is 5.56 Å². The minimum absolute atomic E-state index is 0.00144. The number of nitrogens with one attached hydrogen (secondary N) is 1. The molecule has 5 heteroatoms. The molecule has 0 spiro atoms.